The third kappa shape index (κ3) is 8.17. The minimum atomic E-state index is 0.478. The molecule has 2 atom stereocenters. The molecule has 158 valence electrons. The lowest BCUT2D eigenvalue weighted by atomic mass is 9.97. The number of hydrogen-bond acceptors (Lipinski definition) is 4. The number of guanidine groups is 1. The average molecular weight is 390 g/mol. The Morgan fingerprint density at radius 2 is 2.07 bits per heavy atom. The molecule has 2 N–H and O–H groups in total. The highest BCUT2D eigenvalue weighted by atomic mass is 16.5. The highest BCUT2D eigenvalue weighted by Gasteiger charge is 2.25. The number of ether oxygens (including phenoxy) is 1. The number of likely N-dealkylation sites (tertiary alicyclic amines) is 1. The lowest BCUT2D eigenvalue weighted by Crippen LogP contribution is -2.51. The average Bonchev–Trinajstić information content (AvgIpc) is 2.69. The first-order valence-corrected chi connectivity index (χ1v) is 10.6. The van der Waals surface area contributed by atoms with Crippen molar-refractivity contribution in [2.24, 2.45) is 4.99 Å². The minimum absolute atomic E-state index is 0.478. The maximum atomic E-state index is 5.13. The van der Waals surface area contributed by atoms with Gasteiger partial charge >= 0.3 is 0 Å². The molecule has 1 saturated heterocycles. The van der Waals surface area contributed by atoms with Crippen LogP contribution in [0.2, 0.25) is 0 Å². The van der Waals surface area contributed by atoms with Crippen molar-refractivity contribution in [1.29, 1.82) is 0 Å². The smallest absolute Gasteiger partial charge is 0.191 e. The maximum Gasteiger partial charge on any atom is 0.191 e. The first-order valence-electron chi connectivity index (χ1n) is 10.6. The van der Waals surface area contributed by atoms with Crippen molar-refractivity contribution in [3.05, 3.63) is 35.9 Å². The van der Waals surface area contributed by atoms with Gasteiger partial charge in [-0.25, -0.2) is 0 Å². The Hall–Kier alpha value is -1.63. The molecule has 1 aromatic carbocycles. The van der Waals surface area contributed by atoms with Gasteiger partial charge in [0.2, 0.25) is 0 Å². The second-order valence-corrected chi connectivity index (χ2v) is 7.73. The van der Waals surface area contributed by atoms with Gasteiger partial charge in [-0.15, -0.1) is 0 Å². The summed E-state index contributed by atoms with van der Waals surface area (Å²) < 4.78 is 5.13. The Kier molecular flexibility index (Phi) is 10.3. The fourth-order valence-corrected chi connectivity index (χ4v) is 3.61. The monoisotopic (exact) mass is 389 g/mol. The molecule has 6 heteroatoms. The lowest BCUT2D eigenvalue weighted by Gasteiger charge is -2.38. The van der Waals surface area contributed by atoms with Crippen LogP contribution >= 0.6 is 0 Å². The second kappa shape index (κ2) is 12.8. The molecule has 1 fully saturated rings. The Bertz CT molecular complexity index is 565. The summed E-state index contributed by atoms with van der Waals surface area (Å²) in [6, 6.07) is 11.8. The van der Waals surface area contributed by atoms with Gasteiger partial charge in [0.25, 0.3) is 0 Å². The summed E-state index contributed by atoms with van der Waals surface area (Å²) in [4.78, 5) is 9.60. The molecule has 28 heavy (non-hydrogen) atoms. The van der Waals surface area contributed by atoms with Crippen LogP contribution in [0.4, 0.5) is 0 Å². The molecule has 1 aliphatic rings. The number of likely N-dealkylation sites (N-methyl/N-ethyl adjacent to an activating group) is 1. The summed E-state index contributed by atoms with van der Waals surface area (Å²) in [6.07, 6.45) is 2.29. The molecule has 0 spiro atoms. The molecule has 1 heterocycles. The summed E-state index contributed by atoms with van der Waals surface area (Å²) in [5.41, 5.74) is 1.40. The van der Waals surface area contributed by atoms with Crippen LogP contribution in [0.3, 0.4) is 0 Å². The number of aliphatic imine (C=N–C) groups is 1. The number of rotatable bonds is 10. The Morgan fingerprint density at radius 3 is 2.75 bits per heavy atom. The van der Waals surface area contributed by atoms with E-state index in [0.29, 0.717) is 12.1 Å². The van der Waals surface area contributed by atoms with E-state index in [2.05, 4.69) is 71.7 Å². The van der Waals surface area contributed by atoms with Gasteiger partial charge in [-0.3, -0.25) is 9.89 Å². The molecule has 0 aromatic heterocycles. The molecule has 0 aliphatic carbocycles. The van der Waals surface area contributed by atoms with E-state index in [1.807, 2.05) is 0 Å². The molecule has 6 nitrogen and oxygen atoms in total. The van der Waals surface area contributed by atoms with Crippen molar-refractivity contribution >= 4 is 5.96 Å². The zero-order chi connectivity index (χ0) is 20.2. The van der Waals surface area contributed by atoms with E-state index >= 15 is 0 Å². The van der Waals surface area contributed by atoms with Crippen LogP contribution in [0.25, 0.3) is 0 Å². The molecule has 0 bridgehead atoms. The van der Waals surface area contributed by atoms with E-state index in [0.717, 1.165) is 64.7 Å². The van der Waals surface area contributed by atoms with Gasteiger partial charge in [0.15, 0.2) is 5.96 Å². The van der Waals surface area contributed by atoms with E-state index in [1.54, 1.807) is 7.11 Å². The van der Waals surface area contributed by atoms with Crippen molar-refractivity contribution in [1.82, 2.24) is 20.4 Å². The minimum Gasteiger partial charge on any atom is -0.383 e. The Morgan fingerprint density at radius 1 is 1.29 bits per heavy atom. The van der Waals surface area contributed by atoms with Crippen LogP contribution in [-0.4, -0.2) is 81.3 Å². The van der Waals surface area contributed by atoms with Crippen molar-refractivity contribution < 1.29 is 4.74 Å². The maximum absolute atomic E-state index is 5.13. The van der Waals surface area contributed by atoms with E-state index in [-0.39, 0.29) is 0 Å². The van der Waals surface area contributed by atoms with Gasteiger partial charge in [0, 0.05) is 51.9 Å². The first-order chi connectivity index (χ1) is 13.6. The number of methoxy groups -OCH3 is 1. The SMILES string of the molecule is CCNC(=NCCN(C)CCOC)NC1CCN(Cc2ccccc2)C(C)C1. The summed E-state index contributed by atoms with van der Waals surface area (Å²) >= 11 is 0. The highest BCUT2D eigenvalue weighted by molar-refractivity contribution is 5.80. The predicted molar refractivity (Wildman–Crippen MR) is 118 cm³/mol. The number of benzene rings is 1. The van der Waals surface area contributed by atoms with Gasteiger partial charge < -0.3 is 20.3 Å². The molecule has 0 amide bonds. The van der Waals surface area contributed by atoms with E-state index in [9.17, 15) is 0 Å². The Labute approximate surface area is 171 Å². The summed E-state index contributed by atoms with van der Waals surface area (Å²) in [7, 11) is 3.85. The first kappa shape index (κ1) is 22.7. The van der Waals surface area contributed by atoms with Crippen molar-refractivity contribution in [3.63, 3.8) is 0 Å². The van der Waals surface area contributed by atoms with Gasteiger partial charge in [-0.1, -0.05) is 30.3 Å². The molecule has 1 aliphatic heterocycles. The van der Waals surface area contributed by atoms with Crippen LogP contribution in [-0.2, 0) is 11.3 Å². The van der Waals surface area contributed by atoms with Crippen molar-refractivity contribution in [3.8, 4) is 0 Å². The van der Waals surface area contributed by atoms with Crippen LogP contribution in [0.5, 0.6) is 0 Å². The zero-order valence-corrected chi connectivity index (χ0v) is 18.2. The summed E-state index contributed by atoms with van der Waals surface area (Å²) in [5.74, 6) is 0.941. The normalized spacial score (nSPS) is 21.1. The molecular formula is C22H39N5O. The van der Waals surface area contributed by atoms with Crippen LogP contribution < -0.4 is 10.6 Å². The predicted octanol–water partition coefficient (Wildman–Crippen LogP) is 2.17. The standard InChI is InChI=1S/C22H39N5O/c1-5-23-22(24-12-14-26(3)15-16-28-4)25-21-11-13-27(19(2)17-21)18-20-9-7-6-8-10-20/h6-10,19,21H,5,11-18H2,1-4H3,(H2,23,24,25). The largest absolute Gasteiger partial charge is 0.383 e. The van der Waals surface area contributed by atoms with Crippen LogP contribution in [0.15, 0.2) is 35.3 Å². The van der Waals surface area contributed by atoms with Gasteiger partial charge in [0.05, 0.1) is 13.2 Å². The van der Waals surface area contributed by atoms with E-state index in [4.69, 9.17) is 9.73 Å². The third-order valence-corrected chi connectivity index (χ3v) is 5.36. The molecule has 0 saturated carbocycles. The van der Waals surface area contributed by atoms with Crippen LogP contribution in [0.1, 0.15) is 32.3 Å². The molecular weight excluding hydrogens is 350 g/mol. The highest BCUT2D eigenvalue weighted by Crippen LogP contribution is 2.19. The number of nitrogens with one attached hydrogen (secondary N) is 2. The summed E-state index contributed by atoms with van der Waals surface area (Å²) in [5, 5.41) is 7.05. The van der Waals surface area contributed by atoms with Crippen LogP contribution in [0, 0.1) is 0 Å². The van der Waals surface area contributed by atoms with Gasteiger partial charge in [-0.2, -0.15) is 0 Å². The Balaban J connectivity index is 1.79. The molecule has 2 rings (SSSR count). The number of nitrogens with zero attached hydrogens (tertiary/aromatic N) is 3. The van der Waals surface area contributed by atoms with E-state index < -0.39 is 0 Å². The molecule has 0 radical (unpaired) electrons. The zero-order valence-electron chi connectivity index (χ0n) is 18.2. The third-order valence-electron chi connectivity index (χ3n) is 5.36. The lowest BCUT2D eigenvalue weighted by molar-refractivity contribution is 0.134. The number of hydrogen-bond donors (Lipinski definition) is 2. The quantitative estimate of drug-likeness (QED) is 0.474. The molecule has 2 unspecified atom stereocenters. The fraction of sp³-hybridized carbons (Fsp3) is 0.682. The number of piperidine rings is 1. The second-order valence-electron chi connectivity index (χ2n) is 7.73. The van der Waals surface area contributed by atoms with Crippen molar-refractivity contribution in [2.75, 3.05) is 53.5 Å². The van der Waals surface area contributed by atoms with E-state index in [1.165, 1.54) is 5.56 Å². The fourth-order valence-electron chi connectivity index (χ4n) is 3.61. The topological polar surface area (TPSA) is 52.1 Å². The van der Waals surface area contributed by atoms with Gasteiger partial charge in [-0.05, 0) is 39.3 Å². The summed E-state index contributed by atoms with van der Waals surface area (Å²) in [6.45, 7) is 10.9. The molecule has 1 aromatic rings. The van der Waals surface area contributed by atoms with Crippen molar-refractivity contribution in [2.45, 2.75) is 45.3 Å². The van der Waals surface area contributed by atoms with Gasteiger partial charge in [0.1, 0.15) is 0 Å².